The molecule has 1 N–H and O–H groups in total. The van der Waals surface area contributed by atoms with E-state index in [9.17, 15) is 4.79 Å². The molecule has 0 radical (unpaired) electrons. The molecule has 0 bridgehead atoms. The number of nitrogens with one attached hydrogen (secondary N) is 1. The molecule has 0 atom stereocenters. The van der Waals surface area contributed by atoms with Crippen LogP contribution in [0.15, 0.2) is 18.2 Å². The lowest BCUT2D eigenvalue weighted by molar-refractivity contribution is 0.0956. The Morgan fingerprint density at radius 1 is 1.47 bits per heavy atom. The Balaban J connectivity index is 2.47. The second-order valence-electron chi connectivity index (χ2n) is 3.46. The summed E-state index contributed by atoms with van der Waals surface area (Å²) in [5, 5.41) is 3.26. The van der Waals surface area contributed by atoms with E-state index in [0.29, 0.717) is 23.9 Å². The average Bonchev–Trinajstić information content (AvgIpc) is 2.43. The standard InChI is InChI=1S/C10H8ClN3O/c11-10-13-7-3-1-2-6-8(7)14(10)5-4-12-9(6)15/h1-3H,4-5H2,(H,12,15). The monoisotopic (exact) mass is 221 g/mol. The summed E-state index contributed by atoms with van der Waals surface area (Å²) < 4.78 is 1.87. The first-order valence-corrected chi connectivity index (χ1v) is 5.08. The van der Waals surface area contributed by atoms with Crippen molar-refractivity contribution in [3.8, 4) is 0 Å². The number of nitrogens with zero attached hydrogens (tertiary/aromatic N) is 2. The van der Waals surface area contributed by atoms with Gasteiger partial charge in [-0.05, 0) is 23.7 Å². The van der Waals surface area contributed by atoms with Gasteiger partial charge in [0.1, 0.15) is 0 Å². The van der Waals surface area contributed by atoms with E-state index in [1.807, 2.05) is 16.7 Å². The number of hydrogen-bond donors (Lipinski definition) is 1. The predicted molar refractivity (Wildman–Crippen MR) is 57.1 cm³/mol. The molecular formula is C10H8ClN3O. The van der Waals surface area contributed by atoms with Crippen LogP contribution in [0.2, 0.25) is 5.28 Å². The molecule has 0 fully saturated rings. The van der Waals surface area contributed by atoms with Gasteiger partial charge in [0, 0.05) is 13.1 Å². The number of imidazole rings is 1. The number of aromatic nitrogens is 2. The minimum Gasteiger partial charge on any atom is -0.350 e. The van der Waals surface area contributed by atoms with Crippen molar-refractivity contribution in [2.45, 2.75) is 6.54 Å². The quantitative estimate of drug-likeness (QED) is 0.732. The summed E-state index contributed by atoms with van der Waals surface area (Å²) in [6.07, 6.45) is 0. The fourth-order valence-corrected chi connectivity index (χ4v) is 2.18. The van der Waals surface area contributed by atoms with E-state index in [0.717, 1.165) is 11.0 Å². The molecule has 0 saturated carbocycles. The van der Waals surface area contributed by atoms with Crippen LogP contribution in [0.5, 0.6) is 0 Å². The van der Waals surface area contributed by atoms with E-state index in [2.05, 4.69) is 10.3 Å². The first-order chi connectivity index (χ1) is 7.27. The third-order valence-corrected chi connectivity index (χ3v) is 2.87. The average molecular weight is 222 g/mol. The third kappa shape index (κ3) is 1.15. The molecule has 1 aromatic carbocycles. The lowest BCUT2D eigenvalue weighted by atomic mass is 10.2. The highest BCUT2D eigenvalue weighted by Gasteiger charge is 2.19. The molecule has 1 aliphatic heterocycles. The smallest absolute Gasteiger partial charge is 0.253 e. The number of carbonyl (C=O) groups excluding carboxylic acids is 1. The Kier molecular flexibility index (Phi) is 1.73. The van der Waals surface area contributed by atoms with E-state index in [-0.39, 0.29) is 5.91 Å². The maximum absolute atomic E-state index is 11.7. The van der Waals surface area contributed by atoms with Crippen LogP contribution in [-0.4, -0.2) is 22.0 Å². The Hall–Kier alpha value is -1.55. The molecule has 0 aliphatic carbocycles. The van der Waals surface area contributed by atoms with E-state index < -0.39 is 0 Å². The summed E-state index contributed by atoms with van der Waals surface area (Å²) in [7, 11) is 0. The van der Waals surface area contributed by atoms with Gasteiger partial charge >= 0.3 is 0 Å². The van der Waals surface area contributed by atoms with E-state index in [1.54, 1.807) is 6.07 Å². The number of hydrogen-bond acceptors (Lipinski definition) is 2. The van der Waals surface area contributed by atoms with E-state index in [1.165, 1.54) is 0 Å². The molecule has 5 heteroatoms. The molecule has 0 saturated heterocycles. The van der Waals surface area contributed by atoms with Gasteiger partial charge in [-0.15, -0.1) is 0 Å². The van der Waals surface area contributed by atoms with Gasteiger partial charge in [-0.2, -0.15) is 0 Å². The van der Waals surface area contributed by atoms with Crippen LogP contribution < -0.4 is 5.32 Å². The molecule has 76 valence electrons. The largest absolute Gasteiger partial charge is 0.350 e. The summed E-state index contributed by atoms with van der Waals surface area (Å²) in [5.74, 6) is -0.0593. The Morgan fingerprint density at radius 3 is 3.20 bits per heavy atom. The number of para-hydroxylation sites is 1. The normalized spacial score (nSPS) is 15.1. The highest BCUT2D eigenvalue weighted by Crippen LogP contribution is 2.24. The highest BCUT2D eigenvalue weighted by atomic mass is 35.5. The lowest BCUT2D eigenvalue weighted by Crippen LogP contribution is -2.24. The molecule has 4 nitrogen and oxygen atoms in total. The van der Waals surface area contributed by atoms with Crippen molar-refractivity contribution < 1.29 is 4.79 Å². The van der Waals surface area contributed by atoms with Crippen LogP contribution in [0.4, 0.5) is 0 Å². The summed E-state index contributed by atoms with van der Waals surface area (Å²) >= 11 is 6.01. The summed E-state index contributed by atoms with van der Waals surface area (Å²) in [6, 6.07) is 5.47. The lowest BCUT2D eigenvalue weighted by Gasteiger charge is -2.00. The molecule has 2 aromatic rings. The van der Waals surface area contributed by atoms with Gasteiger partial charge in [-0.25, -0.2) is 4.98 Å². The number of carbonyl (C=O) groups is 1. The fourth-order valence-electron chi connectivity index (χ4n) is 1.92. The topological polar surface area (TPSA) is 46.9 Å². The number of benzene rings is 1. The van der Waals surface area contributed by atoms with Crippen molar-refractivity contribution in [1.29, 1.82) is 0 Å². The van der Waals surface area contributed by atoms with Crippen LogP contribution >= 0.6 is 11.6 Å². The van der Waals surface area contributed by atoms with Crippen molar-refractivity contribution in [2.24, 2.45) is 0 Å². The predicted octanol–water partition coefficient (Wildman–Crippen LogP) is 1.43. The van der Waals surface area contributed by atoms with Crippen molar-refractivity contribution in [2.75, 3.05) is 6.54 Å². The summed E-state index contributed by atoms with van der Waals surface area (Å²) in [6.45, 7) is 1.25. The Morgan fingerprint density at radius 2 is 2.33 bits per heavy atom. The van der Waals surface area contributed by atoms with Gasteiger partial charge in [-0.1, -0.05) is 6.07 Å². The zero-order chi connectivity index (χ0) is 10.4. The van der Waals surface area contributed by atoms with Crippen molar-refractivity contribution in [3.63, 3.8) is 0 Å². The minimum absolute atomic E-state index is 0.0593. The van der Waals surface area contributed by atoms with Gasteiger partial charge in [0.2, 0.25) is 5.28 Å². The van der Waals surface area contributed by atoms with Crippen LogP contribution in [0, 0.1) is 0 Å². The zero-order valence-electron chi connectivity index (χ0n) is 7.83. The van der Waals surface area contributed by atoms with Gasteiger partial charge in [0.25, 0.3) is 5.91 Å². The maximum Gasteiger partial charge on any atom is 0.253 e. The summed E-state index contributed by atoms with van der Waals surface area (Å²) in [5.41, 5.74) is 2.25. The summed E-state index contributed by atoms with van der Waals surface area (Å²) in [4.78, 5) is 15.9. The van der Waals surface area contributed by atoms with E-state index >= 15 is 0 Å². The van der Waals surface area contributed by atoms with Crippen LogP contribution in [-0.2, 0) is 6.54 Å². The molecule has 3 rings (SSSR count). The number of rotatable bonds is 0. The zero-order valence-corrected chi connectivity index (χ0v) is 8.58. The second-order valence-corrected chi connectivity index (χ2v) is 3.80. The Labute approximate surface area is 90.9 Å². The van der Waals surface area contributed by atoms with E-state index in [4.69, 9.17) is 11.6 Å². The first-order valence-electron chi connectivity index (χ1n) is 4.70. The van der Waals surface area contributed by atoms with Gasteiger partial charge in [0.15, 0.2) is 0 Å². The molecule has 1 amide bonds. The van der Waals surface area contributed by atoms with Crippen LogP contribution in [0.25, 0.3) is 11.0 Å². The maximum atomic E-state index is 11.7. The molecule has 0 spiro atoms. The fraction of sp³-hybridized carbons (Fsp3) is 0.200. The number of halogens is 1. The SMILES string of the molecule is O=C1NCCn2c(Cl)nc3cccc1c32. The van der Waals surface area contributed by atoms with Crippen molar-refractivity contribution in [3.05, 3.63) is 29.0 Å². The minimum atomic E-state index is -0.0593. The second kappa shape index (κ2) is 2.97. The third-order valence-electron chi connectivity index (χ3n) is 2.59. The van der Waals surface area contributed by atoms with Gasteiger partial charge in [-0.3, -0.25) is 4.79 Å². The molecule has 2 heterocycles. The molecule has 1 aliphatic rings. The van der Waals surface area contributed by atoms with Crippen molar-refractivity contribution >= 4 is 28.5 Å². The van der Waals surface area contributed by atoms with Crippen molar-refractivity contribution in [1.82, 2.24) is 14.9 Å². The molecular weight excluding hydrogens is 214 g/mol. The number of amides is 1. The Bertz CT molecular complexity index is 561. The van der Waals surface area contributed by atoms with Gasteiger partial charge in [0.05, 0.1) is 16.6 Å². The highest BCUT2D eigenvalue weighted by molar-refractivity contribution is 6.29. The first kappa shape index (κ1) is 8.73. The van der Waals surface area contributed by atoms with Gasteiger partial charge < -0.3 is 9.88 Å². The van der Waals surface area contributed by atoms with Crippen LogP contribution in [0.1, 0.15) is 10.4 Å². The molecule has 1 aromatic heterocycles. The van der Waals surface area contributed by atoms with Crippen LogP contribution in [0.3, 0.4) is 0 Å². The molecule has 0 unspecified atom stereocenters. The molecule has 15 heavy (non-hydrogen) atoms.